The molecule has 1 spiro atoms. The standard InChI is InChI=1S/C14H27N.C13H25NO.2C12H24O.C11H24N2.C11H21NO.C10H19FO2.C10H21NO.2C9H19NO2.C8H17NO2/c1-14(2,3)9-12-10-15(11-12)13-7-5-4-6-8-13;1-13(2,3)8-11-4-6-14(7-5-11)12-9-15-10-12;2*1-10-5-7-11(8-6-10)9-13-12(2,3)4;1-11(2,3)12-9-10-5-7-13(4)8-6-10;1-10(2,3)12-8-11(9-12)4-6-13-7-5-11;1-9(2,3)13-8-10(11)4-6-12-7-5-10;1-10(2,3)11-8-9-4-6-12-7-5-9;2*1-9(2,3)10-6-8-7-11-4-5-12-8;1-7(2,3)9-4-8(10)5-11-6-8/h12-13H,4-11H2,1-3H3;11-12H,4-10H2,1-3H3;2*10-11H,5-9H2,1-4H3;10,12H,5-9H2,1-4H3;4-9H2,1-3H3;4-8H2,1-3H3;9,11H,4-8H2,1-3H3;2*8,10H,4-7H2,1-3H3;9-10H,4-6H2,1-3H3/t;;;;;;;;2*8-;/m........10./s1. The Morgan fingerprint density at radius 2 is 0.725 bits per heavy atom. The van der Waals surface area contributed by atoms with Gasteiger partial charge in [-0.2, -0.15) is 0 Å². The van der Waals surface area contributed by atoms with Gasteiger partial charge >= 0.3 is 0 Å². The molecule has 846 valence electrons. The highest BCUT2D eigenvalue weighted by atomic mass is 19.1. The van der Waals surface area contributed by atoms with Gasteiger partial charge in [-0.1, -0.05) is 100 Å². The molecule has 0 unspecified atom stereocenters. The maximum Gasteiger partial charge on any atom is 0.138 e. The minimum Gasteiger partial charge on any atom is -0.384 e. The molecule has 0 aromatic carbocycles. The van der Waals surface area contributed by atoms with Gasteiger partial charge in [0, 0.05) is 143 Å². The first-order valence-electron chi connectivity index (χ1n) is 57.9. The van der Waals surface area contributed by atoms with E-state index >= 15 is 0 Å². The van der Waals surface area contributed by atoms with Gasteiger partial charge in [-0.25, -0.2) is 4.39 Å². The van der Waals surface area contributed by atoms with Gasteiger partial charge < -0.3 is 93.4 Å². The number of piperidine rings is 2. The molecule has 0 aromatic rings. The van der Waals surface area contributed by atoms with E-state index < -0.39 is 11.3 Å². The Bertz CT molecular complexity index is 2910. The number of nitrogens with one attached hydrogen (secondary N) is 5. The van der Waals surface area contributed by atoms with E-state index in [9.17, 15) is 9.50 Å². The normalized spacial score (nSPS) is 25.9. The lowest BCUT2D eigenvalue weighted by atomic mass is 9.71. The van der Waals surface area contributed by atoms with Gasteiger partial charge in [0.2, 0.25) is 0 Å². The SMILES string of the molecule is CC(C)(C)CC1CCN(C2COC2)CC1.CC(C)(C)CC1CN(C2CCCCC2)C1.CC(C)(C)N1CC2(CCOCC2)C1.CC(C)(C)NCC1(O)COC1.CC(C)(C)NCC1CCOCC1.CC(C)(C)NC[C@@H]1COCCO1.CC(C)(C)NC[C@H]1COCCO1.CC(C)(C)OCC1(F)CCOCC1.CC1CCC(COC(C)(C)C)CC1.CC1CCC(COC(C)(C)C)CC1.CN1CCC(CNC(C)(C)C)CC1. The van der Waals surface area contributed by atoms with Crippen LogP contribution in [0.1, 0.15) is 403 Å². The highest BCUT2D eigenvalue weighted by Crippen LogP contribution is 2.44. The Balaban J connectivity index is 0.000000326. The van der Waals surface area contributed by atoms with E-state index in [4.69, 9.17) is 56.8 Å². The van der Waals surface area contributed by atoms with Crippen molar-refractivity contribution in [2.24, 2.45) is 63.6 Å². The van der Waals surface area contributed by atoms with Crippen LogP contribution in [0.25, 0.3) is 0 Å². The van der Waals surface area contributed by atoms with Crippen LogP contribution >= 0.6 is 0 Å². The first kappa shape index (κ1) is 133. The summed E-state index contributed by atoms with van der Waals surface area (Å²) in [5.41, 5.74) is 1.06. The minimum absolute atomic E-state index is 0.0447. The number of β-amino-alcohol motifs (C(OH)–C–C–N with tert-alkyl or cyclic N) is 1. The Morgan fingerprint density at radius 3 is 1.08 bits per heavy atom. The van der Waals surface area contributed by atoms with Crippen molar-refractivity contribution in [3.63, 3.8) is 0 Å². The summed E-state index contributed by atoms with van der Waals surface area (Å²) in [6.45, 7) is 107. The van der Waals surface area contributed by atoms with Crippen molar-refractivity contribution in [1.82, 2.24) is 46.2 Å². The average Bonchev–Trinajstić information content (AvgIpc) is 0.759. The number of hydrogen-bond acceptors (Lipinski definition) is 22. The van der Waals surface area contributed by atoms with Crippen LogP contribution in [0.3, 0.4) is 0 Å². The molecule has 14 rings (SSSR count). The molecule has 0 aromatic heterocycles. The zero-order chi connectivity index (χ0) is 107. The van der Waals surface area contributed by atoms with E-state index in [2.05, 4.69) is 275 Å². The summed E-state index contributed by atoms with van der Waals surface area (Å²) in [6.07, 6.45) is 33.2. The number of ether oxygens (including phenoxy) is 12. The van der Waals surface area contributed by atoms with E-state index in [0.29, 0.717) is 67.6 Å². The summed E-state index contributed by atoms with van der Waals surface area (Å²) in [6, 6.07) is 1.70. The van der Waals surface area contributed by atoms with Crippen molar-refractivity contribution in [3.05, 3.63) is 0 Å². The molecule has 2 atom stereocenters. The van der Waals surface area contributed by atoms with E-state index in [1.165, 1.54) is 207 Å². The number of halogens is 1. The zero-order valence-electron chi connectivity index (χ0n) is 100. The smallest absolute Gasteiger partial charge is 0.138 e. The molecule has 0 radical (unpaired) electrons. The number of alkyl halides is 1. The van der Waals surface area contributed by atoms with Crippen molar-refractivity contribution in [2.45, 2.75) is 488 Å². The van der Waals surface area contributed by atoms with Crippen molar-refractivity contribution in [3.8, 4) is 0 Å². The molecule has 23 heteroatoms. The summed E-state index contributed by atoms with van der Waals surface area (Å²) in [5.74, 6) is 7.24. The van der Waals surface area contributed by atoms with Gasteiger partial charge in [-0.05, 0) is 394 Å². The van der Waals surface area contributed by atoms with Crippen LogP contribution in [0.15, 0.2) is 0 Å². The van der Waals surface area contributed by atoms with Gasteiger partial charge in [0.05, 0.1) is 121 Å². The predicted octanol–water partition coefficient (Wildman–Crippen LogP) is 22.9. The van der Waals surface area contributed by atoms with Crippen LogP contribution in [0.2, 0.25) is 0 Å². The molecular formula is C119H240FN9O13. The molecule has 142 heavy (non-hydrogen) atoms. The highest BCUT2D eigenvalue weighted by Gasteiger charge is 2.48. The summed E-state index contributed by atoms with van der Waals surface area (Å²) in [4.78, 5) is 10.4. The summed E-state index contributed by atoms with van der Waals surface area (Å²) in [5, 5.41) is 26.7. The molecule has 11 heterocycles. The first-order valence-corrected chi connectivity index (χ1v) is 57.9. The molecule has 0 amide bonds. The van der Waals surface area contributed by atoms with Crippen LogP contribution in [0.4, 0.5) is 4.39 Å². The highest BCUT2D eigenvalue weighted by molar-refractivity contribution is 5.01. The van der Waals surface area contributed by atoms with Crippen molar-refractivity contribution >= 4 is 0 Å². The van der Waals surface area contributed by atoms with Crippen LogP contribution in [-0.4, -0.2) is 328 Å². The van der Waals surface area contributed by atoms with Gasteiger partial charge in [0.15, 0.2) is 0 Å². The maximum atomic E-state index is 13.9. The summed E-state index contributed by atoms with van der Waals surface area (Å²) in [7, 11) is 2.22. The summed E-state index contributed by atoms with van der Waals surface area (Å²) >= 11 is 0. The number of rotatable bonds is 20. The van der Waals surface area contributed by atoms with E-state index in [-0.39, 0.29) is 63.3 Å². The fourth-order valence-corrected chi connectivity index (χ4v) is 19.6. The average molecular weight is 2020 g/mol. The van der Waals surface area contributed by atoms with Crippen LogP contribution in [-0.2, 0) is 56.8 Å². The van der Waals surface area contributed by atoms with Crippen molar-refractivity contribution in [1.29, 1.82) is 0 Å². The monoisotopic (exact) mass is 2020 g/mol. The lowest BCUT2D eigenvalue weighted by Crippen LogP contribution is -2.63. The van der Waals surface area contributed by atoms with Crippen LogP contribution in [0.5, 0.6) is 0 Å². The second-order valence-electron chi connectivity index (χ2n) is 57.5. The zero-order valence-corrected chi connectivity index (χ0v) is 100. The predicted molar refractivity (Wildman–Crippen MR) is 595 cm³/mol. The fourth-order valence-electron chi connectivity index (χ4n) is 19.6. The lowest BCUT2D eigenvalue weighted by molar-refractivity contribution is -0.176. The lowest BCUT2D eigenvalue weighted by Gasteiger charge is -2.57. The van der Waals surface area contributed by atoms with Gasteiger partial charge in [0.25, 0.3) is 0 Å². The molecule has 11 aliphatic heterocycles. The van der Waals surface area contributed by atoms with E-state index in [0.717, 1.165) is 172 Å². The summed E-state index contributed by atoms with van der Waals surface area (Å²) < 4.78 is 78.5. The van der Waals surface area contributed by atoms with Crippen molar-refractivity contribution in [2.75, 3.05) is 218 Å². The van der Waals surface area contributed by atoms with Crippen LogP contribution < -0.4 is 26.6 Å². The molecular weight excluding hydrogens is 1780 g/mol. The van der Waals surface area contributed by atoms with Crippen LogP contribution in [0, 0.1) is 63.6 Å². The number of nitrogens with zero attached hydrogens (tertiary/aromatic N) is 4. The Labute approximate surface area is 877 Å². The topological polar surface area (TPSA) is 204 Å². The van der Waals surface area contributed by atoms with Gasteiger partial charge in [-0.3, -0.25) is 14.7 Å². The number of hydrogen-bond donors (Lipinski definition) is 6. The van der Waals surface area contributed by atoms with E-state index in [1.807, 2.05) is 20.8 Å². The molecule has 14 aliphatic rings. The Kier molecular flexibility index (Phi) is 60.5. The molecule has 6 N–H and O–H groups in total. The quantitative estimate of drug-likeness (QED) is 0.0671. The molecule has 3 aliphatic carbocycles. The molecule has 22 nitrogen and oxygen atoms in total. The second-order valence-corrected chi connectivity index (χ2v) is 57.5. The van der Waals surface area contributed by atoms with Crippen molar-refractivity contribution < 1.29 is 66.3 Å². The molecule has 0 bridgehead atoms. The third-order valence-corrected chi connectivity index (χ3v) is 29.3. The minimum atomic E-state index is -1.16. The number of aliphatic hydroxyl groups is 1. The second kappa shape index (κ2) is 64.4. The fraction of sp³-hybridized carbons (Fsp3) is 1.00. The first-order chi connectivity index (χ1) is 65.6. The third-order valence-electron chi connectivity index (χ3n) is 29.3. The van der Waals surface area contributed by atoms with E-state index in [1.54, 1.807) is 0 Å². The number of likely N-dealkylation sites (tertiary alicyclic amines) is 4. The molecule has 14 fully saturated rings. The molecule has 3 saturated carbocycles. The maximum absolute atomic E-state index is 13.9. The molecule has 11 saturated heterocycles. The Hall–Kier alpha value is -0.950. The Morgan fingerprint density at radius 1 is 0.345 bits per heavy atom. The largest absolute Gasteiger partial charge is 0.384 e. The van der Waals surface area contributed by atoms with Gasteiger partial charge in [0.1, 0.15) is 11.3 Å². The third kappa shape index (κ3) is 68.2. The van der Waals surface area contributed by atoms with Gasteiger partial charge in [-0.15, -0.1) is 0 Å².